The summed E-state index contributed by atoms with van der Waals surface area (Å²) in [6.07, 6.45) is 1.06. The minimum atomic E-state index is 0.0250. The standard InChI is InChI=1S/C17H25N3O2S/c21-17(18-15-5-2-1-3-6-15)20-7-4-12-23-14-16(20)13-19-8-10-22-11-9-19/h1-3,5-6,16H,4,7-14H2,(H,18,21)/t16-/m0/s1. The third-order valence-corrected chi connectivity index (χ3v) is 5.50. The van der Waals surface area contributed by atoms with Crippen LogP contribution in [0.25, 0.3) is 0 Å². The van der Waals surface area contributed by atoms with Gasteiger partial charge in [0.05, 0.1) is 19.3 Å². The van der Waals surface area contributed by atoms with E-state index in [-0.39, 0.29) is 12.1 Å². The first-order valence-corrected chi connectivity index (χ1v) is 9.49. The summed E-state index contributed by atoms with van der Waals surface area (Å²) >= 11 is 1.96. The zero-order valence-corrected chi connectivity index (χ0v) is 14.3. The first kappa shape index (κ1) is 16.6. The third kappa shape index (κ3) is 4.86. The second-order valence-electron chi connectivity index (χ2n) is 5.98. The van der Waals surface area contributed by atoms with E-state index in [9.17, 15) is 4.79 Å². The molecule has 3 rings (SSSR count). The van der Waals surface area contributed by atoms with Crippen LogP contribution in [-0.2, 0) is 4.74 Å². The van der Waals surface area contributed by atoms with Crippen LogP contribution in [0.3, 0.4) is 0 Å². The second kappa shape index (κ2) is 8.57. The summed E-state index contributed by atoms with van der Waals surface area (Å²) in [5.41, 5.74) is 0.861. The molecule has 6 heteroatoms. The molecule has 2 fully saturated rings. The monoisotopic (exact) mass is 335 g/mol. The molecule has 0 aliphatic carbocycles. The number of thioether (sulfide) groups is 1. The maximum atomic E-state index is 12.7. The Labute approximate surface area is 142 Å². The summed E-state index contributed by atoms with van der Waals surface area (Å²) in [4.78, 5) is 17.2. The fourth-order valence-corrected chi connectivity index (χ4v) is 4.10. The average molecular weight is 335 g/mol. The number of benzene rings is 1. The molecule has 2 aliphatic heterocycles. The van der Waals surface area contributed by atoms with E-state index in [1.165, 1.54) is 0 Å². The number of amides is 2. The Morgan fingerprint density at radius 3 is 2.78 bits per heavy atom. The second-order valence-corrected chi connectivity index (χ2v) is 7.13. The predicted molar refractivity (Wildman–Crippen MR) is 95.2 cm³/mol. The number of hydrogen-bond acceptors (Lipinski definition) is 4. The number of para-hydroxylation sites is 1. The van der Waals surface area contributed by atoms with E-state index in [0.717, 1.165) is 63.0 Å². The molecule has 0 unspecified atom stereocenters. The van der Waals surface area contributed by atoms with Crippen LogP contribution in [-0.4, -0.2) is 72.8 Å². The molecule has 0 bridgehead atoms. The number of nitrogens with one attached hydrogen (secondary N) is 1. The fraction of sp³-hybridized carbons (Fsp3) is 0.588. The smallest absolute Gasteiger partial charge is 0.322 e. The molecule has 0 spiro atoms. The van der Waals surface area contributed by atoms with Gasteiger partial charge in [-0.05, 0) is 24.3 Å². The van der Waals surface area contributed by atoms with Crippen molar-refractivity contribution < 1.29 is 9.53 Å². The normalized spacial score (nSPS) is 23.3. The Bertz CT molecular complexity index is 494. The predicted octanol–water partition coefficient (Wildman–Crippen LogP) is 2.36. The lowest BCUT2D eigenvalue weighted by Crippen LogP contribution is -2.51. The van der Waals surface area contributed by atoms with Gasteiger partial charge < -0.3 is 15.0 Å². The van der Waals surface area contributed by atoms with Gasteiger partial charge in [-0.25, -0.2) is 4.79 Å². The molecule has 2 heterocycles. The third-order valence-electron chi connectivity index (χ3n) is 4.30. The minimum Gasteiger partial charge on any atom is -0.379 e. The lowest BCUT2D eigenvalue weighted by Gasteiger charge is -2.35. The lowest BCUT2D eigenvalue weighted by atomic mass is 10.2. The van der Waals surface area contributed by atoms with Gasteiger partial charge in [0, 0.05) is 37.6 Å². The molecule has 0 radical (unpaired) electrons. The summed E-state index contributed by atoms with van der Waals surface area (Å²) in [6.45, 7) is 5.32. The number of anilines is 1. The largest absolute Gasteiger partial charge is 0.379 e. The Hall–Kier alpha value is -1.24. The van der Waals surface area contributed by atoms with Crippen LogP contribution < -0.4 is 5.32 Å². The maximum Gasteiger partial charge on any atom is 0.322 e. The summed E-state index contributed by atoms with van der Waals surface area (Å²) in [5, 5.41) is 3.04. The molecule has 1 atom stereocenters. The Kier molecular flexibility index (Phi) is 6.19. The summed E-state index contributed by atoms with van der Waals surface area (Å²) in [5.74, 6) is 2.15. The van der Waals surface area contributed by atoms with Crippen molar-refractivity contribution in [1.82, 2.24) is 9.80 Å². The van der Waals surface area contributed by atoms with Crippen LogP contribution in [0.1, 0.15) is 6.42 Å². The van der Waals surface area contributed by atoms with Gasteiger partial charge in [0.25, 0.3) is 0 Å². The van der Waals surface area contributed by atoms with Crippen LogP contribution in [0.2, 0.25) is 0 Å². The van der Waals surface area contributed by atoms with Crippen molar-refractivity contribution in [2.24, 2.45) is 0 Å². The zero-order chi connectivity index (χ0) is 15.9. The van der Waals surface area contributed by atoms with Crippen LogP contribution in [0, 0.1) is 0 Å². The Morgan fingerprint density at radius 1 is 1.22 bits per heavy atom. The average Bonchev–Trinajstić information content (AvgIpc) is 2.82. The molecule has 126 valence electrons. The highest BCUT2D eigenvalue weighted by Gasteiger charge is 2.28. The van der Waals surface area contributed by atoms with Gasteiger partial charge >= 0.3 is 6.03 Å². The number of urea groups is 1. The van der Waals surface area contributed by atoms with E-state index in [0.29, 0.717) is 0 Å². The SMILES string of the molecule is O=C(Nc1ccccc1)N1CCCSC[C@@H]1CN1CCOCC1. The molecular formula is C17H25N3O2S. The highest BCUT2D eigenvalue weighted by atomic mass is 32.2. The van der Waals surface area contributed by atoms with Gasteiger partial charge in [-0.15, -0.1) is 0 Å². The summed E-state index contributed by atoms with van der Waals surface area (Å²) in [6, 6.07) is 10.0. The topological polar surface area (TPSA) is 44.8 Å². The van der Waals surface area contributed by atoms with E-state index in [2.05, 4.69) is 10.2 Å². The van der Waals surface area contributed by atoms with Crippen LogP contribution in [0.5, 0.6) is 0 Å². The van der Waals surface area contributed by atoms with Gasteiger partial charge in [-0.2, -0.15) is 11.8 Å². The molecule has 23 heavy (non-hydrogen) atoms. The number of hydrogen-bond donors (Lipinski definition) is 1. The van der Waals surface area contributed by atoms with E-state index in [4.69, 9.17) is 4.74 Å². The van der Waals surface area contributed by atoms with Gasteiger partial charge in [0.2, 0.25) is 0 Å². The van der Waals surface area contributed by atoms with Gasteiger partial charge in [-0.1, -0.05) is 18.2 Å². The van der Waals surface area contributed by atoms with Crippen molar-refractivity contribution in [2.75, 3.05) is 56.2 Å². The van der Waals surface area contributed by atoms with Crippen molar-refractivity contribution in [3.8, 4) is 0 Å². The molecule has 2 aliphatic rings. The fourth-order valence-electron chi connectivity index (χ4n) is 3.05. The van der Waals surface area contributed by atoms with Crippen molar-refractivity contribution in [2.45, 2.75) is 12.5 Å². The van der Waals surface area contributed by atoms with E-state index >= 15 is 0 Å². The molecule has 1 aromatic rings. The van der Waals surface area contributed by atoms with Crippen LogP contribution >= 0.6 is 11.8 Å². The zero-order valence-electron chi connectivity index (χ0n) is 13.4. The van der Waals surface area contributed by atoms with Crippen LogP contribution in [0.4, 0.5) is 10.5 Å². The molecule has 1 N–H and O–H groups in total. The molecule has 0 aromatic heterocycles. The lowest BCUT2D eigenvalue weighted by molar-refractivity contribution is 0.0288. The summed E-state index contributed by atoms with van der Waals surface area (Å²) < 4.78 is 5.43. The highest BCUT2D eigenvalue weighted by Crippen LogP contribution is 2.19. The molecule has 1 aromatic carbocycles. The molecule has 0 saturated carbocycles. The van der Waals surface area contributed by atoms with Crippen molar-refractivity contribution in [1.29, 1.82) is 0 Å². The van der Waals surface area contributed by atoms with Crippen LogP contribution in [0.15, 0.2) is 30.3 Å². The first-order valence-electron chi connectivity index (χ1n) is 8.33. The number of carbonyl (C=O) groups excluding carboxylic acids is 1. The number of rotatable bonds is 3. The highest BCUT2D eigenvalue weighted by molar-refractivity contribution is 7.99. The van der Waals surface area contributed by atoms with Crippen molar-refractivity contribution in [3.63, 3.8) is 0 Å². The Balaban J connectivity index is 1.63. The Morgan fingerprint density at radius 2 is 2.00 bits per heavy atom. The van der Waals surface area contributed by atoms with Crippen molar-refractivity contribution >= 4 is 23.5 Å². The number of morpholine rings is 1. The molecule has 2 saturated heterocycles. The van der Waals surface area contributed by atoms with Crippen molar-refractivity contribution in [3.05, 3.63) is 30.3 Å². The maximum absolute atomic E-state index is 12.7. The van der Waals surface area contributed by atoms with E-state index in [1.54, 1.807) is 0 Å². The minimum absolute atomic E-state index is 0.0250. The summed E-state index contributed by atoms with van der Waals surface area (Å²) in [7, 11) is 0. The number of nitrogens with zero attached hydrogens (tertiary/aromatic N) is 2. The molecular weight excluding hydrogens is 310 g/mol. The first-order chi connectivity index (χ1) is 11.3. The van der Waals surface area contributed by atoms with E-state index < -0.39 is 0 Å². The van der Waals surface area contributed by atoms with Gasteiger partial charge in [-0.3, -0.25) is 4.90 Å². The number of carbonyl (C=O) groups is 1. The quantitative estimate of drug-likeness (QED) is 0.921. The van der Waals surface area contributed by atoms with E-state index in [1.807, 2.05) is 47.0 Å². The van der Waals surface area contributed by atoms with Gasteiger partial charge in [0.1, 0.15) is 0 Å². The molecule has 2 amide bonds. The molecule has 5 nitrogen and oxygen atoms in total. The van der Waals surface area contributed by atoms with Gasteiger partial charge in [0.15, 0.2) is 0 Å². The number of ether oxygens (including phenoxy) is 1.